The van der Waals surface area contributed by atoms with Crippen molar-refractivity contribution in [1.29, 1.82) is 0 Å². The van der Waals surface area contributed by atoms with Gasteiger partial charge in [0.15, 0.2) is 23.4 Å². The third-order valence-corrected chi connectivity index (χ3v) is 4.20. The number of carbonyl (C=O) groups excluding carboxylic acids is 1. The van der Waals surface area contributed by atoms with Crippen molar-refractivity contribution in [3.05, 3.63) is 41.5 Å². The van der Waals surface area contributed by atoms with Gasteiger partial charge in [-0.3, -0.25) is 4.79 Å². The van der Waals surface area contributed by atoms with Crippen molar-refractivity contribution >= 4 is 5.78 Å². The van der Waals surface area contributed by atoms with E-state index >= 15 is 0 Å². The van der Waals surface area contributed by atoms with Crippen molar-refractivity contribution in [2.45, 2.75) is 12.5 Å². The second-order valence-corrected chi connectivity index (χ2v) is 5.56. The highest BCUT2D eigenvalue weighted by Crippen LogP contribution is 2.42. The lowest BCUT2D eigenvalue weighted by Gasteiger charge is -2.27. The topological polar surface area (TPSA) is 63.2 Å². The number of carbonyl (C=O) groups is 1. The molecule has 0 aromatic heterocycles. The van der Waals surface area contributed by atoms with Gasteiger partial charge in [0.05, 0.1) is 28.4 Å². The molecule has 0 bridgehead atoms. The Bertz CT molecular complexity index is 799. The average molecular weight is 344 g/mol. The number of fused-ring (bicyclic) bond motifs is 1. The van der Waals surface area contributed by atoms with E-state index in [4.69, 9.17) is 23.7 Å². The first-order chi connectivity index (χ1) is 12.1. The zero-order valence-corrected chi connectivity index (χ0v) is 14.6. The minimum Gasteiger partial charge on any atom is -0.496 e. The zero-order chi connectivity index (χ0) is 18.0. The second-order valence-electron chi connectivity index (χ2n) is 5.56. The predicted molar refractivity (Wildman–Crippen MR) is 91.2 cm³/mol. The van der Waals surface area contributed by atoms with Crippen LogP contribution in [0.3, 0.4) is 0 Å². The van der Waals surface area contributed by atoms with E-state index in [1.165, 1.54) is 0 Å². The van der Waals surface area contributed by atoms with E-state index in [-0.39, 0.29) is 12.2 Å². The van der Waals surface area contributed by atoms with Crippen molar-refractivity contribution < 1.29 is 28.5 Å². The normalized spacial score (nSPS) is 15.8. The summed E-state index contributed by atoms with van der Waals surface area (Å²) >= 11 is 0. The van der Waals surface area contributed by atoms with Gasteiger partial charge in [-0.05, 0) is 12.1 Å². The molecule has 2 aromatic carbocycles. The fourth-order valence-corrected chi connectivity index (χ4v) is 2.90. The van der Waals surface area contributed by atoms with Crippen LogP contribution in [0.4, 0.5) is 0 Å². The Balaban J connectivity index is 2.00. The van der Waals surface area contributed by atoms with Gasteiger partial charge >= 0.3 is 0 Å². The van der Waals surface area contributed by atoms with E-state index in [0.29, 0.717) is 34.3 Å². The number of rotatable bonds is 5. The minimum atomic E-state index is -0.718. The van der Waals surface area contributed by atoms with Crippen LogP contribution in [0.25, 0.3) is 0 Å². The van der Waals surface area contributed by atoms with E-state index in [1.54, 1.807) is 58.8 Å². The SMILES string of the molecule is COc1cc(OC)c2c(c1)O[C@H](c1ccc(OC)c(OC)c1)C(=O)C2. The number of hydrogen-bond acceptors (Lipinski definition) is 6. The molecule has 0 unspecified atom stereocenters. The molecule has 0 saturated heterocycles. The average Bonchev–Trinajstić information content (AvgIpc) is 2.66. The molecule has 2 aromatic rings. The van der Waals surface area contributed by atoms with E-state index < -0.39 is 6.10 Å². The van der Waals surface area contributed by atoms with Crippen LogP contribution >= 0.6 is 0 Å². The summed E-state index contributed by atoms with van der Waals surface area (Å²) in [6, 6.07) is 8.81. The molecule has 1 aliphatic heterocycles. The van der Waals surface area contributed by atoms with Crippen LogP contribution < -0.4 is 23.7 Å². The molecule has 6 heteroatoms. The summed E-state index contributed by atoms with van der Waals surface area (Å²) in [6.45, 7) is 0. The molecule has 6 nitrogen and oxygen atoms in total. The number of ketones is 1. The lowest BCUT2D eigenvalue weighted by Crippen LogP contribution is -2.26. The van der Waals surface area contributed by atoms with Crippen molar-refractivity contribution in [3.8, 4) is 28.7 Å². The highest BCUT2D eigenvalue weighted by Gasteiger charge is 2.32. The standard InChI is InChI=1S/C19H20O6/c1-21-12-8-16(23-3)13-10-14(20)19(25-17(13)9-12)11-5-6-15(22-2)18(7-11)24-4/h5-9,19H,10H2,1-4H3/t19-/m1/s1. The molecular weight excluding hydrogens is 324 g/mol. The smallest absolute Gasteiger partial charge is 0.182 e. The van der Waals surface area contributed by atoms with Crippen LogP contribution in [0.2, 0.25) is 0 Å². The number of ether oxygens (including phenoxy) is 5. The Morgan fingerprint density at radius 1 is 0.880 bits per heavy atom. The van der Waals surface area contributed by atoms with Gasteiger partial charge in [0.2, 0.25) is 0 Å². The number of hydrogen-bond donors (Lipinski definition) is 0. The summed E-state index contributed by atoms with van der Waals surface area (Å²) < 4.78 is 27.2. The molecule has 1 aliphatic rings. The molecule has 0 N–H and O–H groups in total. The molecule has 0 amide bonds. The highest BCUT2D eigenvalue weighted by molar-refractivity contribution is 5.89. The van der Waals surface area contributed by atoms with E-state index in [9.17, 15) is 4.79 Å². The zero-order valence-electron chi connectivity index (χ0n) is 14.6. The van der Waals surface area contributed by atoms with Gasteiger partial charge in [-0.2, -0.15) is 0 Å². The molecule has 0 radical (unpaired) electrons. The molecule has 0 spiro atoms. The predicted octanol–water partition coefficient (Wildman–Crippen LogP) is 2.97. The van der Waals surface area contributed by atoms with Gasteiger partial charge in [-0.15, -0.1) is 0 Å². The van der Waals surface area contributed by atoms with Crippen molar-refractivity contribution in [1.82, 2.24) is 0 Å². The maximum atomic E-state index is 12.7. The summed E-state index contributed by atoms with van der Waals surface area (Å²) in [6.07, 6.45) is -0.495. The molecule has 0 saturated carbocycles. The van der Waals surface area contributed by atoms with Crippen LogP contribution in [-0.2, 0) is 11.2 Å². The summed E-state index contributed by atoms with van der Waals surface area (Å²) in [5.74, 6) is 2.85. The first kappa shape index (κ1) is 17.0. The van der Waals surface area contributed by atoms with Gasteiger partial charge in [0, 0.05) is 29.7 Å². The molecule has 0 fully saturated rings. The van der Waals surface area contributed by atoms with Crippen molar-refractivity contribution in [3.63, 3.8) is 0 Å². The van der Waals surface area contributed by atoms with Gasteiger partial charge in [0.1, 0.15) is 17.2 Å². The maximum absolute atomic E-state index is 12.7. The van der Waals surface area contributed by atoms with Crippen molar-refractivity contribution in [2.75, 3.05) is 28.4 Å². The van der Waals surface area contributed by atoms with E-state index in [0.717, 1.165) is 5.56 Å². The molecule has 132 valence electrons. The fourth-order valence-electron chi connectivity index (χ4n) is 2.90. The number of benzene rings is 2. The second kappa shape index (κ2) is 6.93. The van der Waals surface area contributed by atoms with Gasteiger partial charge < -0.3 is 23.7 Å². The number of Topliss-reactive ketones (excluding diaryl/α,β-unsaturated/α-hetero) is 1. The third-order valence-electron chi connectivity index (χ3n) is 4.20. The largest absolute Gasteiger partial charge is 0.496 e. The van der Waals surface area contributed by atoms with E-state index in [2.05, 4.69) is 0 Å². The molecule has 25 heavy (non-hydrogen) atoms. The first-order valence-corrected chi connectivity index (χ1v) is 7.77. The van der Waals surface area contributed by atoms with Crippen LogP contribution in [0.5, 0.6) is 28.7 Å². The Labute approximate surface area is 146 Å². The fraction of sp³-hybridized carbons (Fsp3) is 0.316. The Morgan fingerprint density at radius 2 is 1.60 bits per heavy atom. The lowest BCUT2D eigenvalue weighted by molar-refractivity contribution is -0.126. The van der Waals surface area contributed by atoms with Gasteiger partial charge in [-0.25, -0.2) is 0 Å². The number of methoxy groups -OCH3 is 4. The molecule has 1 heterocycles. The highest BCUT2D eigenvalue weighted by atomic mass is 16.5. The lowest BCUT2D eigenvalue weighted by atomic mass is 9.95. The summed E-state index contributed by atoms with van der Waals surface area (Å²) in [5.41, 5.74) is 1.43. The van der Waals surface area contributed by atoms with Crippen LogP contribution in [-0.4, -0.2) is 34.2 Å². The third kappa shape index (κ3) is 3.07. The summed E-state index contributed by atoms with van der Waals surface area (Å²) in [5, 5.41) is 0. The van der Waals surface area contributed by atoms with Crippen LogP contribution in [0.15, 0.2) is 30.3 Å². The van der Waals surface area contributed by atoms with Gasteiger partial charge in [-0.1, -0.05) is 6.07 Å². The van der Waals surface area contributed by atoms with E-state index in [1.807, 2.05) is 0 Å². The summed E-state index contributed by atoms with van der Waals surface area (Å²) in [4.78, 5) is 12.7. The minimum absolute atomic E-state index is 0.0526. The van der Waals surface area contributed by atoms with Crippen LogP contribution in [0, 0.1) is 0 Å². The van der Waals surface area contributed by atoms with Gasteiger partial charge in [0.25, 0.3) is 0 Å². The first-order valence-electron chi connectivity index (χ1n) is 7.77. The summed E-state index contributed by atoms with van der Waals surface area (Å²) in [7, 11) is 6.24. The Morgan fingerprint density at radius 3 is 2.24 bits per heavy atom. The molecular formula is C19H20O6. The Kier molecular flexibility index (Phi) is 4.70. The van der Waals surface area contributed by atoms with Crippen LogP contribution in [0.1, 0.15) is 17.2 Å². The molecule has 0 aliphatic carbocycles. The molecule has 3 rings (SSSR count). The maximum Gasteiger partial charge on any atom is 0.182 e. The molecule has 1 atom stereocenters. The quantitative estimate of drug-likeness (QED) is 0.831. The monoisotopic (exact) mass is 344 g/mol. The Hall–Kier alpha value is -2.89. The van der Waals surface area contributed by atoms with Crippen molar-refractivity contribution in [2.24, 2.45) is 0 Å².